The van der Waals surface area contributed by atoms with Crippen LogP contribution in [0.3, 0.4) is 0 Å². The summed E-state index contributed by atoms with van der Waals surface area (Å²) in [7, 11) is 1.63. The van der Waals surface area contributed by atoms with Gasteiger partial charge in [-0.25, -0.2) is 0 Å². The summed E-state index contributed by atoms with van der Waals surface area (Å²) in [5, 5.41) is 0. The molecular formula is C24H34N2O3. The number of benzene rings is 1. The van der Waals surface area contributed by atoms with Crippen molar-refractivity contribution in [2.24, 2.45) is 11.3 Å². The smallest absolute Gasteiger partial charge is 0.254 e. The van der Waals surface area contributed by atoms with Crippen LogP contribution in [-0.4, -0.2) is 54.9 Å². The Labute approximate surface area is 174 Å². The summed E-state index contributed by atoms with van der Waals surface area (Å²) in [5.74, 6) is 1.56. The first kappa shape index (κ1) is 20.2. The molecule has 1 saturated carbocycles. The molecule has 0 N–H and O–H groups in total. The molecule has 0 bridgehead atoms. The van der Waals surface area contributed by atoms with E-state index < -0.39 is 0 Å². The van der Waals surface area contributed by atoms with E-state index in [1.807, 2.05) is 34.1 Å². The molecule has 29 heavy (non-hydrogen) atoms. The van der Waals surface area contributed by atoms with Crippen molar-refractivity contribution < 1.29 is 14.3 Å². The van der Waals surface area contributed by atoms with Crippen molar-refractivity contribution in [2.75, 3.05) is 33.3 Å². The Morgan fingerprint density at radius 3 is 2.55 bits per heavy atom. The fourth-order valence-corrected chi connectivity index (χ4v) is 5.77. The van der Waals surface area contributed by atoms with Gasteiger partial charge >= 0.3 is 0 Å². The van der Waals surface area contributed by atoms with Crippen molar-refractivity contribution in [2.45, 2.75) is 57.8 Å². The SMILES string of the molecule is COc1cccc(C(=O)N2CC(CCC(=O)N3CCCC3)C3(CCCCC3)C2)c1. The molecule has 3 aliphatic rings. The maximum atomic E-state index is 13.2. The van der Waals surface area contributed by atoms with Gasteiger partial charge in [-0.1, -0.05) is 25.3 Å². The monoisotopic (exact) mass is 398 g/mol. The van der Waals surface area contributed by atoms with Crippen LogP contribution in [0, 0.1) is 11.3 Å². The second-order valence-electron chi connectivity index (χ2n) is 9.16. The third-order valence-corrected chi connectivity index (χ3v) is 7.43. The normalized spacial score (nSPS) is 23.6. The van der Waals surface area contributed by atoms with Crippen LogP contribution in [0.1, 0.15) is 68.1 Å². The van der Waals surface area contributed by atoms with E-state index in [1.165, 1.54) is 32.1 Å². The topological polar surface area (TPSA) is 49.9 Å². The zero-order valence-corrected chi connectivity index (χ0v) is 17.7. The molecule has 1 aliphatic carbocycles. The number of methoxy groups -OCH3 is 1. The van der Waals surface area contributed by atoms with Gasteiger partial charge in [-0.3, -0.25) is 9.59 Å². The van der Waals surface area contributed by atoms with Crippen LogP contribution in [0.4, 0.5) is 0 Å². The predicted molar refractivity (Wildman–Crippen MR) is 113 cm³/mol. The molecule has 1 spiro atoms. The molecule has 2 saturated heterocycles. The lowest BCUT2D eigenvalue weighted by molar-refractivity contribution is -0.130. The van der Waals surface area contributed by atoms with Crippen molar-refractivity contribution >= 4 is 11.8 Å². The molecule has 5 nitrogen and oxygen atoms in total. The van der Waals surface area contributed by atoms with Gasteiger partial charge in [-0.2, -0.15) is 0 Å². The number of carbonyl (C=O) groups is 2. The quantitative estimate of drug-likeness (QED) is 0.750. The summed E-state index contributed by atoms with van der Waals surface area (Å²) in [6.45, 7) is 3.47. The molecule has 4 rings (SSSR count). The minimum atomic E-state index is 0.0993. The highest BCUT2D eigenvalue weighted by Gasteiger charge is 2.48. The second kappa shape index (κ2) is 8.76. The highest BCUT2D eigenvalue weighted by Crippen LogP contribution is 2.49. The molecule has 2 heterocycles. The second-order valence-corrected chi connectivity index (χ2v) is 9.16. The molecule has 5 heteroatoms. The largest absolute Gasteiger partial charge is 0.497 e. The predicted octanol–water partition coefficient (Wildman–Crippen LogP) is 4.12. The summed E-state index contributed by atoms with van der Waals surface area (Å²) in [5.41, 5.74) is 0.905. The Balaban J connectivity index is 1.46. The van der Waals surface area contributed by atoms with Crippen LogP contribution < -0.4 is 4.74 Å². The van der Waals surface area contributed by atoms with E-state index >= 15 is 0 Å². The lowest BCUT2D eigenvalue weighted by atomic mass is 9.66. The van der Waals surface area contributed by atoms with Gasteiger partial charge in [0.05, 0.1) is 7.11 Å². The van der Waals surface area contributed by atoms with Gasteiger partial charge in [0, 0.05) is 38.2 Å². The van der Waals surface area contributed by atoms with Gasteiger partial charge in [-0.05, 0) is 61.6 Å². The molecule has 0 radical (unpaired) electrons. The van der Waals surface area contributed by atoms with Gasteiger partial charge in [0.15, 0.2) is 0 Å². The Morgan fingerprint density at radius 2 is 1.83 bits per heavy atom. The molecule has 2 aliphatic heterocycles. The number of hydrogen-bond acceptors (Lipinski definition) is 3. The zero-order chi connectivity index (χ0) is 20.3. The first-order chi connectivity index (χ1) is 14.1. The van der Waals surface area contributed by atoms with E-state index in [2.05, 4.69) is 0 Å². The first-order valence-corrected chi connectivity index (χ1v) is 11.3. The van der Waals surface area contributed by atoms with Crippen LogP contribution in [0.5, 0.6) is 5.75 Å². The fraction of sp³-hybridized carbons (Fsp3) is 0.667. The molecular weight excluding hydrogens is 364 g/mol. The Bertz CT molecular complexity index is 735. The Hall–Kier alpha value is -2.04. The van der Waals surface area contributed by atoms with Gasteiger partial charge in [-0.15, -0.1) is 0 Å². The molecule has 3 fully saturated rings. The van der Waals surface area contributed by atoms with E-state index in [0.29, 0.717) is 23.8 Å². The first-order valence-electron chi connectivity index (χ1n) is 11.3. The van der Waals surface area contributed by atoms with E-state index in [1.54, 1.807) is 7.11 Å². The fourth-order valence-electron chi connectivity index (χ4n) is 5.77. The number of likely N-dealkylation sites (tertiary alicyclic amines) is 2. The lowest BCUT2D eigenvalue weighted by Crippen LogP contribution is -2.35. The summed E-state index contributed by atoms with van der Waals surface area (Å²) < 4.78 is 5.30. The summed E-state index contributed by atoms with van der Waals surface area (Å²) in [4.78, 5) is 29.9. The van der Waals surface area contributed by atoms with Crippen LogP contribution in [0.15, 0.2) is 24.3 Å². The Kier molecular flexibility index (Phi) is 6.12. The maximum absolute atomic E-state index is 13.2. The van der Waals surface area contributed by atoms with E-state index in [0.717, 1.165) is 51.2 Å². The van der Waals surface area contributed by atoms with Crippen molar-refractivity contribution in [1.29, 1.82) is 0 Å². The number of ether oxygens (including phenoxy) is 1. The average Bonchev–Trinajstić information content (AvgIpc) is 3.41. The number of hydrogen-bond donors (Lipinski definition) is 0. The number of amides is 2. The molecule has 1 atom stereocenters. The standard InChI is InChI=1S/C24H34N2O3/c1-29-21-9-7-8-19(16-21)23(28)26-17-20(24(18-26)12-3-2-4-13-24)10-11-22(27)25-14-5-6-15-25/h7-9,16,20H,2-6,10-15,17-18H2,1H3. The van der Waals surface area contributed by atoms with Crippen LogP contribution in [0.2, 0.25) is 0 Å². The highest BCUT2D eigenvalue weighted by molar-refractivity contribution is 5.94. The van der Waals surface area contributed by atoms with Crippen molar-refractivity contribution in [3.63, 3.8) is 0 Å². The third-order valence-electron chi connectivity index (χ3n) is 7.43. The van der Waals surface area contributed by atoms with Crippen LogP contribution >= 0.6 is 0 Å². The number of carbonyl (C=O) groups excluding carboxylic acids is 2. The van der Waals surface area contributed by atoms with E-state index in [-0.39, 0.29) is 11.3 Å². The summed E-state index contributed by atoms with van der Waals surface area (Å²) in [6, 6.07) is 7.46. The van der Waals surface area contributed by atoms with Crippen LogP contribution in [0.25, 0.3) is 0 Å². The van der Waals surface area contributed by atoms with Gasteiger partial charge in [0.2, 0.25) is 5.91 Å². The van der Waals surface area contributed by atoms with Crippen molar-refractivity contribution in [3.05, 3.63) is 29.8 Å². The molecule has 1 aromatic carbocycles. The molecule has 2 amide bonds. The van der Waals surface area contributed by atoms with E-state index in [4.69, 9.17) is 4.74 Å². The molecule has 158 valence electrons. The van der Waals surface area contributed by atoms with Crippen molar-refractivity contribution in [3.8, 4) is 5.75 Å². The summed E-state index contributed by atoms with van der Waals surface area (Å²) >= 11 is 0. The maximum Gasteiger partial charge on any atom is 0.254 e. The van der Waals surface area contributed by atoms with Gasteiger partial charge < -0.3 is 14.5 Å². The van der Waals surface area contributed by atoms with Gasteiger partial charge in [0.1, 0.15) is 5.75 Å². The number of nitrogens with zero attached hydrogens (tertiary/aromatic N) is 2. The zero-order valence-electron chi connectivity index (χ0n) is 17.7. The van der Waals surface area contributed by atoms with E-state index in [9.17, 15) is 9.59 Å². The third kappa shape index (κ3) is 4.29. The lowest BCUT2D eigenvalue weighted by Gasteiger charge is -2.38. The average molecular weight is 399 g/mol. The molecule has 1 unspecified atom stereocenters. The highest BCUT2D eigenvalue weighted by atomic mass is 16.5. The van der Waals surface area contributed by atoms with Crippen molar-refractivity contribution in [1.82, 2.24) is 9.80 Å². The minimum Gasteiger partial charge on any atom is -0.497 e. The molecule has 0 aromatic heterocycles. The summed E-state index contributed by atoms with van der Waals surface area (Å²) in [6.07, 6.45) is 10.0. The van der Waals surface area contributed by atoms with Gasteiger partial charge in [0.25, 0.3) is 5.91 Å². The Morgan fingerprint density at radius 1 is 1.07 bits per heavy atom. The number of rotatable bonds is 5. The molecule has 1 aromatic rings. The minimum absolute atomic E-state index is 0.0993. The van der Waals surface area contributed by atoms with Crippen LogP contribution in [-0.2, 0) is 4.79 Å².